The topological polar surface area (TPSA) is 63.1 Å². The highest BCUT2D eigenvalue weighted by atomic mass is 35.5. The van der Waals surface area contributed by atoms with E-state index in [-0.39, 0.29) is 35.5 Å². The third-order valence-corrected chi connectivity index (χ3v) is 3.00. The van der Waals surface area contributed by atoms with Crippen molar-refractivity contribution in [1.82, 2.24) is 15.2 Å². The van der Waals surface area contributed by atoms with Crippen LogP contribution in [0.5, 0.6) is 0 Å². The number of aromatic nitrogens is 1. The summed E-state index contributed by atoms with van der Waals surface area (Å²) in [5.74, 6) is -0.278. The van der Waals surface area contributed by atoms with Crippen molar-refractivity contribution in [2.45, 2.75) is 18.9 Å². The zero-order valence-electron chi connectivity index (χ0n) is 10.3. The van der Waals surface area contributed by atoms with Gasteiger partial charge in [-0.25, -0.2) is 0 Å². The van der Waals surface area contributed by atoms with Crippen LogP contribution in [-0.2, 0) is 7.05 Å². The van der Waals surface area contributed by atoms with Gasteiger partial charge in [0, 0.05) is 25.8 Å². The Hall–Kier alpha value is -1.33. The number of rotatable bonds is 2. The minimum absolute atomic E-state index is 0. The predicted octanol–water partition coefficient (Wildman–Crippen LogP) is 0.289. The molecule has 1 amide bonds. The number of piperidine rings is 1. The van der Waals surface area contributed by atoms with E-state index in [1.807, 2.05) is 0 Å². The maximum Gasteiger partial charge on any atom is 0.263 e. The van der Waals surface area contributed by atoms with Gasteiger partial charge < -0.3 is 15.2 Å². The van der Waals surface area contributed by atoms with E-state index >= 15 is 0 Å². The number of aryl methyl sites for hydroxylation is 1. The fourth-order valence-corrected chi connectivity index (χ4v) is 2.01. The van der Waals surface area contributed by atoms with Crippen molar-refractivity contribution in [2.75, 3.05) is 13.1 Å². The molecular weight excluding hydrogens is 254 g/mol. The first-order valence-electron chi connectivity index (χ1n) is 5.85. The zero-order chi connectivity index (χ0) is 12.3. The van der Waals surface area contributed by atoms with E-state index in [0.717, 1.165) is 25.9 Å². The zero-order valence-corrected chi connectivity index (χ0v) is 11.1. The van der Waals surface area contributed by atoms with Gasteiger partial charge in [0.1, 0.15) is 5.56 Å². The van der Waals surface area contributed by atoms with Crippen molar-refractivity contribution in [1.29, 1.82) is 0 Å². The van der Waals surface area contributed by atoms with Crippen molar-refractivity contribution in [3.8, 4) is 0 Å². The summed E-state index contributed by atoms with van der Waals surface area (Å²) < 4.78 is 1.41. The molecule has 1 atom stereocenters. The molecule has 1 fully saturated rings. The van der Waals surface area contributed by atoms with Gasteiger partial charge in [-0.3, -0.25) is 9.59 Å². The quantitative estimate of drug-likeness (QED) is 0.813. The molecule has 0 bridgehead atoms. The fraction of sp³-hybridized carbons (Fsp3) is 0.500. The Balaban J connectivity index is 0.00000162. The van der Waals surface area contributed by atoms with Gasteiger partial charge in [-0.05, 0) is 31.5 Å². The van der Waals surface area contributed by atoms with Crippen LogP contribution in [0, 0.1) is 0 Å². The van der Waals surface area contributed by atoms with Gasteiger partial charge in [-0.15, -0.1) is 12.4 Å². The summed E-state index contributed by atoms with van der Waals surface area (Å²) >= 11 is 0. The molecule has 1 aromatic rings. The summed E-state index contributed by atoms with van der Waals surface area (Å²) in [5.41, 5.74) is -0.0469. The van der Waals surface area contributed by atoms with Crippen LogP contribution in [0.2, 0.25) is 0 Å². The Labute approximate surface area is 112 Å². The van der Waals surface area contributed by atoms with E-state index in [1.165, 1.54) is 4.57 Å². The number of carbonyl (C=O) groups is 1. The van der Waals surface area contributed by atoms with Gasteiger partial charge in [-0.1, -0.05) is 0 Å². The first-order chi connectivity index (χ1) is 8.18. The van der Waals surface area contributed by atoms with Crippen LogP contribution in [0.15, 0.2) is 23.1 Å². The summed E-state index contributed by atoms with van der Waals surface area (Å²) in [6.07, 6.45) is 3.66. The lowest BCUT2D eigenvalue weighted by atomic mass is 10.1. The van der Waals surface area contributed by atoms with Crippen molar-refractivity contribution >= 4 is 18.3 Å². The number of amides is 1. The third kappa shape index (κ3) is 3.34. The van der Waals surface area contributed by atoms with Crippen LogP contribution in [0.25, 0.3) is 0 Å². The van der Waals surface area contributed by atoms with E-state index in [2.05, 4.69) is 10.6 Å². The van der Waals surface area contributed by atoms with Gasteiger partial charge >= 0.3 is 0 Å². The monoisotopic (exact) mass is 271 g/mol. The molecule has 0 unspecified atom stereocenters. The van der Waals surface area contributed by atoms with Crippen LogP contribution in [0.4, 0.5) is 0 Å². The highest BCUT2D eigenvalue weighted by molar-refractivity contribution is 5.94. The van der Waals surface area contributed by atoms with E-state index in [4.69, 9.17) is 0 Å². The molecule has 100 valence electrons. The molecule has 18 heavy (non-hydrogen) atoms. The van der Waals surface area contributed by atoms with E-state index < -0.39 is 0 Å². The van der Waals surface area contributed by atoms with Gasteiger partial charge in [0.05, 0.1) is 0 Å². The average molecular weight is 272 g/mol. The van der Waals surface area contributed by atoms with E-state index in [9.17, 15) is 9.59 Å². The minimum atomic E-state index is -0.278. The Morgan fingerprint density at radius 2 is 2.33 bits per heavy atom. The van der Waals surface area contributed by atoms with Crippen molar-refractivity contribution < 1.29 is 4.79 Å². The standard InChI is InChI=1S/C12H17N3O2.ClH/c1-15-7-3-5-10(12(15)17)11(16)14-9-4-2-6-13-8-9;/h3,5,7,9,13H,2,4,6,8H2,1H3,(H,14,16);1H/t9-;/m0./s1. The number of halogens is 1. The Bertz CT molecular complexity index is 467. The maximum absolute atomic E-state index is 11.9. The molecule has 1 saturated heterocycles. The Morgan fingerprint density at radius 3 is 3.00 bits per heavy atom. The van der Waals surface area contributed by atoms with Gasteiger partial charge in [0.2, 0.25) is 0 Å². The molecular formula is C12H18ClN3O2. The molecule has 1 aliphatic heterocycles. The van der Waals surface area contributed by atoms with Crippen molar-refractivity contribution in [3.63, 3.8) is 0 Å². The molecule has 2 heterocycles. The smallest absolute Gasteiger partial charge is 0.263 e. The van der Waals surface area contributed by atoms with Gasteiger partial charge in [0.25, 0.3) is 11.5 Å². The summed E-state index contributed by atoms with van der Waals surface area (Å²) in [4.78, 5) is 23.7. The Kier molecular flexibility index (Phi) is 5.37. The largest absolute Gasteiger partial charge is 0.348 e. The first kappa shape index (κ1) is 14.7. The lowest BCUT2D eigenvalue weighted by Gasteiger charge is -2.23. The Morgan fingerprint density at radius 1 is 1.56 bits per heavy atom. The highest BCUT2D eigenvalue weighted by Crippen LogP contribution is 2.02. The molecule has 2 rings (SSSR count). The molecule has 0 spiro atoms. The fourth-order valence-electron chi connectivity index (χ4n) is 2.01. The van der Waals surface area contributed by atoms with Crippen LogP contribution in [-0.4, -0.2) is 29.6 Å². The average Bonchev–Trinajstić information content (AvgIpc) is 2.34. The highest BCUT2D eigenvalue weighted by Gasteiger charge is 2.18. The van der Waals surface area contributed by atoms with Crippen molar-refractivity contribution in [3.05, 3.63) is 34.2 Å². The minimum Gasteiger partial charge on any atom is -0.348 e. The SMILES string of the molecule is Cl.Cn1cccc(C(=O)N[C@H]2CCCNC2)c1=O. The number of hydrogen-bond donors (Lipinski definition) is 2. The first-order valence-corrected chi connectivity index (χ1v) is 5.85. The molecule has 0 aliphatic carbocycles. The number of carbonyl (C=O) groups excluding carboxylic acids is 1. The second-order valence-corrected chi connectivity index (χ2v) is 4.35. The number of pyridine rings is 1. The van der Waals surface area contributed by atoms with Crippen LogP contribution >= 0.6 is 12.4 Å². The molecule has 1 aliphatic rings. The molecule has 0 saturated carbocycles. The summed E-state index contributed by atoms with van der Waals surface area (Å²) in [5, 5.41) is 6.11. The van der Waals surface area contributed by atoms with Gasteiger partial charge in [-0.2, -0.15) is 0 Å². The lowest BCUT2D eigenvalue weighted by molar-refractivity contribution is 0.0928. The van der Waals surface area contributed by atoms with Crippen LogP contribution in [0.1, 0.15) is 23.2 Å². The van der Waals surface area contributed by atoms with E-state index in [0.29, 0.717) is 0 Å². The molecule has 5 nitrogen and oxygen atoms in total. The molecule has 1 aromatic heterocycles. The summed E-state index contributed by atoms with van der Waals surface area (Å²) in [6.45, 7) is 1.78. The number of nitrogens with zero attached hydrogens (tertiary/aromatic N) is 1. The molecule has 0 radical (unpaired) electrons. The lowest BCUT2D eigenvalue weighted by Crippen LogP contribution is -2.46. The summed E-state index contributed by atoms with van der Waals surface area (Å²) in [7, 11) is 1.64. The predicted molar refractivity (Wildman–Crippen MR) is 72.3 cm³/mol. The normalized spacial score (nSPS) is 18.8. The second kappa shape index (κ2) is 6.56. The maximum atomic E-state index is 11.9. The van der Waals surface area contributed by atoms with Crippen LogP contribution in [0.3, 0.4) is 0 Å². The molecule has 6 heteroatoms. The van der Waals surface area contributed by atoms with E-state index in [1.54, 1.807) is 25.4 Å². The molecule has 0 aromatic carbocycles. The second-order valence-electron chi connectivity index (χ2n) is 4.35. The number of nitrogens with one attached hydrogen (secondary N) is 2. The van der Waals surface area contributed by atoms with Crippen molar-refractivity contribution in [2.24, 2.45) is 7.05 Å². The van der Waals surface area contributed by atoms with Crippen LogP contribution < -0.4 is 16.2 Å². The summed E-state index contributed by atoms with van der Waals surface area (Å²) in [6, 6.07) is 3.39. The van der Waals surface area contributed by atoms with Gasteiger partial charge in [0.15, 0.2) is 0 Å². The molecule has 2 N–H and O–H groups in total. The third-order valence-electron chi connectivity index (χ3n) is 3.00. The number of hydrogen-bond acceptors (Lipinski definition) is 3.